The van der Waals surface area contributed by atoms with Crippen LogP contribution in [0.2, 0.25) is 0 Å². The molecular weight excluding hydrogens is 346 g/mol. The highest BCUT2D eigenvalue weighted by atomic mass is 32.2. The molecule has 5 heteroatoms. The van der Waals surface area contributed by atoms with Gasteiger partial charge in [-0.15, -0.1) is 0 Å². The Morgan fingerprint density at radius 1 is 1.04 bits per heavy atom. The lowest BCUT2D eigenvalue weighted by molar-refractivity contribution is 0.135. The minimum absolute atomic E-state index is 0.0668. The molecule has 2 aromatic rings. The highest BCUT2D eigenvalue weighted by molar-refractivity contribution is 7.88. The molecule has 0 saturated carbocycles. The van der Waals surface area contributed by atoms with Gasteiger partial charge < -0.3 is 4.74 Å². The van der Waals surface area contributed by atoms with Gasteiger partial charge in [-0.1, -0.05) is 48.9 Å². The fraction of sp³-hybridized carbons (Fsp3) is 0.429. The highest BCUT2D eigenvalue weighted by Gasteiger charge is 2.29. The average molecular weight is 374 g/mol. The summed E-state index contributed by atoms with van der Waals surface area (Å²) in [6, 6.07) is 15.8. The van der Waals surface area contributed by atoms with Crippen LogP contribution in [-0.4, -0.2) is 31.9 Å². The smallest absolute Gasteiger partial charge is 0.218 e. The van der Waals surface area contributed by atoms with Gasteiger partial charge in [0.2, 0.25) is 10.0 Å². The van der Waals surface area contributed by atoms with Gasteiger partial charge in [0.25, 0.3) is 0 Å². The van der Waals surface area contributed by atoms with Crippen LogP contribution in [0.15, 0.2) is 48.5 Å². The summed E-state index contributed by atoms with van der Waals surface area (Å²) in [7, 11) is -3.28. The molecule has 0 spiro atoms. The zero-order chi connectivity index (χ0) is 18.6. The number of ether oxygens (including phenoxy) is 1. The molecule has 4 nitrogen and oxygen atoms in total. The second-order valence-corrected chi connectivity index (χ2v) is 8.93. The van der Waals surface area contributed by atoms with Crippen molar-refractivity contribution in [2.24, 2.45) is 0 Å². The summed E-state index contributed by atoms with van der Waals surface area (Å²) in [5.41, 5.74) is 3.22. The van der Waals surface area contributed by atoms with Crippen LogP contribution in [0.4, 0.5) is 0 Å². The molecule has 3 rings (SSSR count). The Kier molecular flexibility index (Phi) is 5.99. The third-order valence-corrected chi connectivity index (χ3v) is 6.72. The summed E-state index contributed by atoms with van der Waals surface area (Å²) in [5.74, 6) is 0.947. The van der Waals surface area contributed by atoms with Crippen LogP contribution in [0.3, 0.4) is 0 Å². The number of sulfonamides is 1. The molecule has 0 aromatic heterocycles. The van der Waals surface area contributed by atoms with Crippen molar-refractivity contribution in [3.8, 4) is 5.75 Å². The van der Waals surface area contributed by atoms with Crippen LogP contribution in [0, 0.1) is 6.92 Å². The van der Waals surface area contributed by atoms with E-state index in [1.54, 1.807) is 4.31 Å². The molecule has 0 bridgehead atoms. The lowest BCUT2D eigenvalue weighted by Crippen LogP contribution is -2.42. The zero-order valence-corrected chi connectivity index (χ0v) is 16.3. The van der Waals surface area contributed by atoms with E-state index in [0.29, 0.717) is 13.1 Å². The molecule has 0 N–H and O–H groups in total. The summed E-state index contributed by atoms with van der Waals surface area (Å²) in [6.07, 6.45) is 2.51. The van der Waals surface area contributed by atoms with Crippen LogP contribution in [0.1, 0.15) is 36.5 Å². The molecule has 26 heavy (non-hydrogen) atoms. The fourth-order valence-corrected chi connectivity index (χ4v) is 4.81. The minimum atomic E-state index is -3.28. The van der Waals surface area contributed by atoms with Gasteiger partial charge >= 0.3 is 0 Å². The van der Waals surface area contributed by atoms with Gasteiger partial charge in [0.15, 0.2) is 0 Å². The van der Waals surface area contributed by atoms with Crippen LogP contribution in [0.25, 0.3) is 0 Å². The summed E-state index contributed by atoms with van der Waals surface area (Å²) >= 11 is 0. The normalized spacial score (nSPS) is 16.5. The van der Waals surface area contributed by atoms with E-state index < -0.39 is 10.0 Å². The molecule has 1 saturated heterocycles. The molecule has 1 aliphatic heterocycles. The monoisotopic (exact) mass is 373 g/mol. The van der Waals surface area contributed by atoms with Crippen LogP contribution in [0.5, 0.6) is 5.75 Å². The molecule has 0 unspecified atom stereocenters. The van der Waals surface area contributed by atoms with Gasteiger partial charge in [-0.2, -0.15) is 0 Å². The van der Waals surface area contributed by atoms with Crippen molar-refractivity contribution in [2.75, 3.05) is 13.1 Å². The van der Waals surface area contributed by atoms with E-state index in [2.05, 4.69) is 19.1 Å². The van der Waals surface area contributed by atoms with Crippen LogP contribution >= 0.6 is 0 Å². The first-order valence-electron chi connectivity index (χ1n) is 9.25. The lowest BCUT2D eigenvalue weighted by atomic mass is 10.1. The summed E-state index contributed by atoms with van der Waals surface area (Å²) in [5, 5.41) is 0. The van der Waals surface area contributed by atoms with Crippen molar-refractivity contribution in [1.82, 2.24) is 4.31 Å². The van der Waals surface area contributed by atoms with E-state index in [-0.39, 0.29) is 11.9 Å². The largest absolute Gasteiger partial charge is 0.490 e. The maximum atomic E-state index is 12.7. The molecule has 1 aliphatic rings. The second kappa shape index (κ2) is 8.23. The molecule has 0 radical (unpaired) electrons. The van der Waals surface area contributed by atoms with Gasteiger partial charge in [0.05, 0.1) is 5.75 Å². The zero-order valence-electron chi connectivity index (χ0n) is 15.5. The molecule has 2 aromatic carbocycles. The molecule has 1 heterocycles. The Morgan fingerprint density at radius 2 is 1.73 bits per heavy atom. The van der Waals surface area contributed by atoms with Gasteiger partial charge in [0.1, 0.15) is 11.9 Å². The van der Waals surface area contributed by atoms with Crippen LogP contribution in [-0.2, 0) is 22.2 Å². The van der Waals surface area contributed by atoms with Crippen molar-refractivity contribution in [3.63, 3.8) is 0 Å². The number of aryl methyl sites for hydroxylation is 2. The van der Waals surface area contributed by atoms with E-state index in [4.69, 9.17) is 4.74 Å². The number of hydrogen-bond donors (Lipinski definition) is 0. The van der Waals surface area contributed by atoms with Crippen molar-refractivity contribution < 1.29 is 13.2 Å². The van der Waals surface area contributed by atoms with Crippen molar-refractivity contribution in [3.05, 3.63) is 65.2 Å². The van der Waals surface area contributed by atoms with Gasteiger partial charge in [0, 0.05) is 13.1 Å². The summed E-state index contributed by atoms with van der Waals surface area (Å²) < 4.78 is 33.0. The second-order valence-electron chi connectivity index (χ2n) is 6.96. The lowest BCUT2D eigenvalue weighted by Gasteiger charge is -2.31. The van der Waals surface area contributed by atoms with Crippen molar-refractivity contribution >= 4 is 10.0 Å². The first-order chi connectivity index (χ1) is 12.5. The number of hydrogen-bond acceptors (Lipinski definition) is 3. The highest BCUT2D eigenvalue weighted by Crippen LogP contribution is 2.23. The third-order valence-electron chi connectivity index (χ3n) is 4.87. The SMILES string of the molecule is CCc1cccc(OC2CCN(S(=O)(=O)Cc3ccc(C)cc3)CC2)c1. The Bertz CT molecular complexity index is 823. The van der Waals surface area contributed by atoms with Gasteiger partial charge in [-0.05, 0) is 49.4 Å². The maximum Gasteiger partial charge on any atom is 0.218 e. The minimum Gasteiger partial charge on any atom is -0.490 e. The van der Waals surface area contributed by atoms with Crippen molar-refractivity contribution in [1.29, 1.82) is 0 Å². The number of nitrogens with zero attached hydrogens (tertiary/aromatic N) is 1. The molecule has 1 fully saturated rings. The van der Waals surface area contributed by atoms with Crippen molar-refractivity contribution in [2.45, 2.75) is 45.0 Å². The first kappa shape index (κ1) is 18.9. The van der Waals surface area contributed by atoms with Crippen LogP contribution < -0.4 is 4.74 Å². The van der Waals surface area contributed by atoms with E-state index in [9.17, 15) is 8.42 Å². The molecule has 140 valence electrons. The Balaban J connectivity index is 1.56. The van der Waals surface area contributed by atoms with E-state index in [0.717, 1.165) is 36.1 Å². The number of rotatable bonds is 6. The number of benzene rings is 2. The number of piperidine rings is 1. The Morgan fingerprint density at radius 3 is 2.38 bits per heavy atom. The van der Waals surface area contributed by atoms with E-state index >= 15 is 0 Å². The van der Waals surface area contributed by atoms with Gasteiger partial charge in [-0.3, -0.25) is 0 Å². The summed E-state index contributed by atoms with van der Waals surface area (Å²) in [4.78, 5) is 0. The molecule has 0 aliphatic carbocycles. The fourth-order valence-electron chi connectivity index (χ4n) is 3.25. The van der Waals surface area contributed by atoms with Gasteiger partial charge in [-0.25, -0.2) is 12.7 Å². The van der Waals surface area contributed by atoms with E-state index in [1.807, 2.05) is 43.3 Å². The molecule has 0 amide bonds. The topological polar surface area (TPSA) is 46.6 Å². The predicted octanol–water partition coefficient (Wildman–Crippen LogP) is 3.93. The predicted molar refractivity (Wildman–Crippen MR) is 105 cm³/mol. The Labute approximate surface area is 156 Å². The molecular formula is C21H27NO3S. The molecule has 0 atom stereocenters. The average Bonchev–Trinajstić information content (AvgIpc) is 2.64. The quantitative estimate of drug-likeness (QED) is 0.771. The Hall–Kier alpha value is -1.85. The third kappa shape index (κ3) is 4.86. The maximum absolute atomic E-state index is 12.7. The standard InChI is InChI=1S/C21H27NO3S/c1-3-18-5-4-6-21(15-18)25-20-11-13-22(14-12-20)26(23,24)16-19-9-7-17(2)8-10-19/h4-10,15,20H,3,11-14,16H2,1-2H3. The first-order valence-corrected chi connectivity index (χ1v) is 10.9. The van der Waals surface area contributed by atoms with E-state index in [1.165, 1.54) is 5.56 Å². The summed E-state index contributed by atoms with van der Waals surface area (Å²) in [6.45, 7) is 5.16.